The van der Waals surface area contributed by atoms with Crippen molar-refractivity contribution in [3.63, 3.8) is 0 Å². The predicted octanol–water partition coefficient (Wildman–Crippen LogP) is 5.79. The zero-order valence-electron chi connectivity index (χ0n) is 20.8. The van der Waals surface area contributed by atoms with Gasteiger partial charge in [0.25, 0.3) is 11.6 Å². The van der Waals surface area contributed by atoms with Crippen LogP contribution in [0.4, 0.5) is 11.4 Å². The van der Waals surface area contributed by atoms with Gasteiger partial charge in [0, 0.05) is 29.8 Å². The van der Waals surface area contributed by atoms with E-state index >= 15 is 0 Å². The topological polar surface area (TPSA) is 121 Å². The molecule has 5 aromatic rings. The van der Waals surface area contributed by atoms with Crippen LogP contribution in [0.3, 0.4) is 0 Å². The van der Waals surface area contributed by atoms with Crippen LogP contribution in [0.2, 0.25) is 0 Å². The second-order valence-electron chi connectivity index (χ2n) is 8.36. The normalized spacial score (nSPS) is 10.7. The van der Waals surface area contributed by atoms with Crippen molar-refractivity contribution in [1.29, 1.82) is 0 Å². The number of rotatable bonds is 10. The third-order valence-corrected chi connectivity index (χ3v) is 6.66. The van der Waals surface area contributed by atoms with E-state index in [9.17, 15) is 14.9 Å². The summed E-state index contributed by atoms with van der Waals surface area (Å²) in [6, 6.07) is 24.6. The molecule has 0 spiro atoms. The lowest BCUT2D eigenvalue weighted by atomic mass is 10.1. The van der Waals surface area contributed by atoms with Gasteiger partial charge < -0.3 is 14.8 Å². The number of nitro groups is 1. The summed E-state index contributed by atoms with van der Waals surface area (Å²) in [7, 11) is 1.63. The lowest BCUT2D eigenvalue weighted by Crippen LogP contribution is -2.12. The van der Waals surface area contributed by atoms with E-state index in [-0.39, 0.29) is 17.3 Å². The number of nitrogens with zero attached hydrogens (tertiary/aromatic N) is 4. The van der Waals surface area contributed by atoms with Gasteiger partial charge in [0.1, 0.15) is 5.75 Å². The average molecular weight is 542 g/mol. The van der Waals surface area contributed by atoms with Crippen LogP contribution in [-0.4, -0.2) is 39.3 Å². The van der Waals surface area contributed by atoms with Gasteiger partial charge in [0.2, 0.25) is 0 Å². The molecule has 2 aromatic heterocycles. The molecule has 39 heavy (non-hydrogen) atoms. The number of carbonyl (C=O) groups excluding carboxylic acids is 1. The Bertz CT molecular complexity index is 1580. The zero-order chi connectivity index (χ0) is 27.2. The van der Waals surface area contributed by atoms with E-state index in [2.05, 4.69) is 15.4 Å². The third kappa shape index (κ3) is 6.11. The van der Waals surface area contributed by atoms with Gasteiger partial charge in [-0.15, -0.1) is 16.4 Å². The molecular weight excluding hydrogens is 518 g/mol. The number of nitro benzene ring substituents is 1. The van der Waals surface area contributed by atoms with Crippen molar-refractivity contribution >= 4 is 28.6 Å². The van der Waals surface area contributed by atoms with Gasteiger partial charge in [0.05, 0.1) is 29.2 Å². The van der Waals surface area contributed by atoms with Crippen molar-refractivity contribution in [1.82, 2.24) is 14.8 Å². The summed E-state index contributed by atoms with van der Waals surface area (Å²) < 4.78 is 12.8. The minimum atomic E-state index is -0.536. The quantitative estimate of drug-likeness (QED) is 0.176. The summed E-state index contributed by atoms with van der Waals surface area (Å²) in [6.07, 6.45) is 0.686. The SMILES string of the molecule is COc1ccc(CCOc2nc(-c3cccs3)n(-c3ccc(NC(=O)c4cccc([N+](=O)[O-])c4)cc3)n2)cc1. The van der Waals surface area contributed by atoms with Crippen LogP contribution in [0, 0.1) is 10.1 Å². The van der Waals surface area contributed by atoms with E-state index in [1.54, 1.807) is 36.1 Å². The molecule has 1 N–H and O–H groups in total. The van der Waals surface area contributed by atoms with Crippen LogP contribution in [0.15, 0.2) is 90.3 Å². The first-order chi connectivity index (χ1) is 19.0. The summed E-state index contributed by atoms with van der Waals surface area (Å²) in [5.74, 6) is 0.993. The summed E-state index contributed by atoms with van der Waals surface area (Å²) in [4.78, 5) is 28.6. The van der Waals surface area contributed by atoms with E-state index in [1.807, 2.05) is 41.8 Å². The Balaban J connectivity index is 1.30. The molecule has 0 atom stereocenters. The Morgan fingerprint density at radius 2 is 1.85 bits per heavy atom. The highest BCUT2D eigenvalue weighted by Gasteiger charge is 2.16. The summed E-state index contributed by atoms with van der Waals surface area (Å²) in [5, 5.41) is 20.3. The molecule has 0 fully saturated rings. The van der Waals surface area contributed by atoms with Crippen LogP contribution in [0.25, 0.3) is 16.4 Å². The number of non-ortho nitro benzene ring substituents is 1. The largest absolute Gasteiger partial charge is 0.497 e. The number of aromatic nitrogens is 3. The second-order valence-corrected chi connectivity index (χ2v) is 9.31. The van der Waals surface area contributed by atoms with Crippen LogP contribution < -0.4 is 14.8 Å². The van der Waals surface area contributed by atoms with Crippen molar-refractivity contribution in [2.45, 2.75) is 6.42 Å². The number of amides is 1. The molecule has 0 radical (unpaired) electrons. The van der Waals surface area contributed by atoms with Crippen molar-refractivity contribution < 1.29 is 19.2 Å². The van der Waals surface area contributed by atoms with E-state index in [1.165, 1.54) is 35.6 Å². The minimum absolute atomic E-state index is 0.146. The molecule has 10 nitrogen and oxygen atoms in total. The maximum atomic E-state index is 12.6. The number of hydrogen-bond donors (Lipinski definition) is 1. The van der Waals surface area contributed by atoms with Crippen molar-refractivity contribution in [3.8, 4) is 28.1 Å². The molecule has 0 saturated carbocycles. The second kappa shape index (κ2) is 11.6. The Kier molecular flexibility index (Phi) is 7.60. The van der Waals surface area contributed by atoms with Crippen LogP contribution in [-0.2, 0) is 6.42 Å². The monoisotopic (exact) mass is 541 g/mol. The molecule has 0 aliphatic heterocycles. The number of ether oxygens (including phenoxy) is 2. The average Bonchev–Trinajstić information content (AvgIpc) is 3.64. The number of hydrogen-bond acceptors (Lipinski definition) is 8. The Morgan fingerprint density at radius 1 is 1.05 bits per heavy atom. The fraction of sp³-hybridized carbons (Fsp3) is 0.107. The highest BCUT2D eigenvalue weighted by atomic mass is 32.1. The van der Waals surface area contributed by atoms with Gasteiger partial charge in [0.15, 0.2) is 5.82 Å². The van der Waals surface area contributed by atoms with Gasteiger partial charge >= 0.3 is 6.01 Å². The van der Waals surface area contributed by atoms with Gasteiger partial charge in [-0.1, -0.05) is 24.3 Å². The molecule has 2 heterocycles. The molecule has 1 amide bonds. The van der Waals surface area contributed by atoms with Gasteiger partial charge in [-0.05, 0) is 59.5 Å². The van der Waals surface area contributed by atoms with Crippen LogP contribution in [0.5, 0.6) is 11.8 Å². The Morgan fingerprint density at radius 3 is 2.54 bits per heavy atom. The lowest BCUT2D eigenvalue weighted by molar-refractivity contribution is -0.384. The van der Waals surface area contributed by atoms with Crippen molar-refractivity contribution in [3.05, 3.63) is 112 Å². The minimum Gasteiger partial charge on any atom is -0.497 e. The maximum absolute atomic E-state index is 12.6. The fourth-order valence-corrected chi connectivity index (χ4v) is 4.50. The first-order valence-corrected chi connectivity index (χ1v) is 12.8. The Labute approximate surface area is 227 Å². The summed E-state index contributed by atoms with van der Waals surface area (Å²) in [6.45, 7) is 0.406. The molecule has 11 heteroatoms. The summed E-state index contributed by atoms with van der Waals surface area (Å²) >= 11 is 1.54. The maximum Gasteiger partial charge on any atom is 0.336 e. The first-order valence-electron chi connectivity index (χ1n) is 11.9. The number of nitrogens with one attached hydrogen (secondary N) is 1. The molecule has 0 aliphatic rings. The van der Waals surface area contributed by atoms with E-state index in [4.69, 9.17) is 9.47 Å². The van der Waals surface area contributed by atoms with Gasteiger partial charge in [-0.25, -0.2) is 4.68 Å². The molecule has 0 aliphatic carbocycles. The van der Waals surface area contributed by atoms with E-state index in [0.29, 0.717) is 24.5 Å². The van der Waals surface area contributed by atoms with Gasteiger partial charge in [-0.3, -0.25) is 14.9 Å². The molecule has 0 unspecified atom stereocenters. The summed E-state index contributed by atoms with van der Waals surface area (Å²) in [5.41, 5.74) is 2.41. The first kappa shape index (κ1) is 25.6. The number of thiophene rings is 1. The predicted molar refractivity (Wildman–Crippen MR) is 148 cm³/mol. The number of methoxy groups -OCH3 is 1. The Hall–Kier alpha value is -5.03. The molecule has 0 saturated heterocycles. The van der Waals surface area contributed by atoms with Crippen molar-refractivity contribution in [2.75, 3.05) is 19.0 Å². The molecule has 0 bridgehead atoms. The third-order valence-electron chi connectivity index (χ3n) is 5.80. The van der Waals surface area contributed by atoms with E-state index in [0.717, 1.165) is 21.9 Å². The molecular formula is C28H23N5O5S. The highest BCUT2D eigenvalue weighted by molar-refractivity contribution is 7.13. The molecule has 196 valence electrons. The molecule has 3 aromatic carbocycles. The van der Waals surface area contributed by atoms with Crippen LogP contribution >= 0.6 is 11.3 Å². The lowest BCUT2D eigenvalue weighted by Gasteiger charge is -2.08. The number of anilines is 1. The number of benzene rings is 3. The zero-order valence-corrected chi connectivity index (χ0v) is 21.6. The van der Waals surface area contributed by atoms with E-state index < -0.39 is 10.8 Å². The fourth-order valence-electron chi connectivity index (χ4n) is 3.80. The van der Waals surface area contributed by atoms with Gasteiger partial charge in [-0.2, -0.15) is 4.98 Å². The van der Waals surface area contributed by atoms with Crippen molar-refractivity contribution in [2.24, 2.45) is 0 Å². The highest BCUT2D eigenvalue weighted by Crippen LogP contribution is 2.28. The number of carbonyl (C=O) groups is 1. The standard InChI is InChI=1S/C28H23N5O5S/c1-37-24-13-7-19(8-14-24)15-16-38-28-30-26(25-6-3-17-39-25)32(31-28)22-11-9-21(10-12-22)29-27(34)20-4-2-5-23(18-20)33(35)36/h2-14,17-18H,15-16H2,1H3,(H,29,34). The smallest absolute Gasteiger partial charge is 0.336 e. The van der Waals surface area contributed by atoms with Crippen LogP contribution in [0.1, 0.15) is 15.9 Å². The molecule has 5 rings (SSSR count).